The number of nitro groups is 1. The number of nitrogen functional groups attached to an aromatic ring is 1. The van der Waals surface area contributed by atoms with E-state index in [1.807, 2.05) is 6.92 Å². The number of anilines is 2. The largest absolute Gasteiger partial charge is 0.384 e. The van der Waals surface area contributed by atoms with Crippen molar-refractivity contribution in [2.75, 3.05) is 11.1 Å². The highest BCUT2D eigenvalue weighted by molar-refractivity contribution is 5.59. The van der Waals surface area contributed by atoms with Crippen LogP contribution in [0.4, 0.5) is 17.3 Å². The summed E-state index contributed by atoms with van der Waals surface area (Å²) in [5.41, 5.74) is 5.49. The van der Waals surface area contributed by atoms with Crippen LogP contribution in [0, 0.1) is 10.1 Å². The Balaban J connectivity index is 2.81. The SMILES string of the molecule is CCCCC(C)Nc1nc(N)ccc1[N+](=O)[O-]. The number of unbranched alkanes of at least 4 members (excludes halogenated alkanes) is 1. The zero-order chi connectivity index (χ0) is 12.8. The van der Waals surface area contributed by atoms with Gasteiger partial charge in [0.05, 0.1) is 4.92 Å². The molecule has 6 heteroatoms. The first-order valence-corrected chi connectivity index (χ1v) is 5.72. The molecule has 94 valence electrons. The van der Waals surface area contributed by atoms with Crippen molar-refractivity contribution in [2.45, 2.75) is 39.2 Å². The van der Waals surface area contributed by atoms with Crippen molar-refractivity contribution in [3.63, 3.8) is 0 Å². The fraction of sp³-hybridized carbons (Fsp3) is 0.545. The minimum Gasteiger partial charge on any atom is -0.384 e. The molecular weight excluding hydrogens is 220 g/mol. The molecule has 1 aromatic rings. The smallest absolute Gasteiger partial charge is 0.311 e. The summed E-state index contributed by atoms with van der Waals surface area (Å²) in [5.74, 6) is 0.527. The van der Waals surface area contributed by atoms with Crippen molar-refractivity contribution in [3.8, 4) is 0 Å². The highest BCUT2D eigenvalue weighted by atomic mass is 16.6. The van der Waals surface area contributed by atoms with Crippen molar-refractivity contribution < 1.29 is 4.92 Å². The van der Waals surface area contributed by atoms with Crippen LogP contribution in [0.15, 0.2) is 12.1 Å². The normalized spacial score (nSPS) is 12.1. The highest BCUT2D eigenvalue weighted by Gasteiger charge is 2.16. The topological polar surface area (TPSA) is 94.1 Å². The zero-order valence-electron chi connectivity index (χ0n) is 10.1. The Bertz CT molecular complexity index is 395. The van der Waals surface area contributed by atoms with Gasteiger partial charge >= 0.3 is 5.69 Å². The Morgan fingerprint density at radius 2 is 2.29 bits per heavy atom. The summed E-state index contributed by atoms with van der Waals surface area (Å²) >= 11 is 0. The van der Waals surface area contributed by atoms with E-state index < -0.39 is 4.92 Å². The number of nitrogens with zero attached hydrogens (tertiary/aromatic N) is 2. The third-order valence-corrected chi connectivity index (χ3v) is 2.47. The summed E-state index contributed by atoms with van der Waals surface area (Å²) < 4.78 is 0. The fourth-order valence-electron chi connectivity index (χ4n) is 1.54. The van der Waals surface area contributed by atoms with E-state index in [-0.39, 0.29) is 23.4 Å². The molecule has 0 saturated heterocycles. The predicted octanol–water partition coefficient (Wildman–Crippen LogP) is 2.56. The zero-order valence-corrected chi connectivity index (χ0v) is 10.1. The Kier molecular flexibility index (Phi) is 4.68. The van der Waals surface area contributed by atoms with E-state index in [1.165, 1.54) is 12.1 Å². The van der Waals surface area contributed by atoms with Crippen LogP contribution in [0.1, 0.15) is 33.1 Å². The Labute approximate surface area is 100 Å². The molecule has 0 aliphatic carbocycles. The minimum atomic E-state index is -0.457. The first kappa shape index (κ1) is 13.2. The molecule has 0 amide bonds. The molecular formula is C11H18N4O2. The summed E-state index contributed by atoms with van der Waals surface area (Å²) in [6, 6.07) is 2.94. The first-order chi connectivity index (χ1) is 8.04. The second kappa shape index (κ2) is 6.03. The second-order valence-corrected chi connectivity index (χ2v) is 4.05. The summed E-state index contributed by atoms with van der Waals surface area (Å²) in [5, 5.41) is 13.8. The van der Waals surface area contributed by atoms with Crippen LogP contribution in [0.3, 0.4) is 0 Å². The lowest BCUT2D eigenvalue weighted by Crippen LogP contribution is -2.17. The molecule has 1 unspecified atom stereocenters. The monoisotopic (exact) mass is 238 g/mol. The second-order valence-electron chi connectivity index (χ2n) is 4.05. The molecule has 0 aromatic carbocycles. The van der Waals surface area contributed by atoms with Gasteiger partial charge in [-0.25, -0.2) is 4.98 Å². The van der Waals surface area contributed by atoms with Crippen LogP contribution in [-0.2, 0) is 0 Å². The van der Waals surface area contributed by atoms with Crippen molar-refractivity contribution in [2.24, 2.45) is 0 Å². The molecule has 0 radical (unpaired) electrons. The highest BCUT2D eigenvalue weighted by Crippen LogP contribution is 2.24. The molecule has 1 heterocycles. The van der Waals surface area contributed by atoms with Crippen molar-refractivity contribution in [1.29, 1.82) is 0 Å². The van der Waals surface area contributed by atoms with Gasteiger partial charge in [0.25, 0.3) is 0 Å². The lowest BCUT2D eigenvalue weighted by Gasteiger charge is -2.14. The van der Waals surface area contributed by atoms with E-state index in [2.05, 4.69) is 17.2 Å². The third kappa shape index (κ3) is 3.90. The average Bonchev–Trinajstić information content (AvgIpc) is 2.26. The molecule has 1 rings (SSSR count). The number of aromatic nitrogens is 1. The number of nitrogens with one attached hydrogen (secondary N) is 1. The minimum absolute atomic E-state index is 0.0393. The number of hydrogen-bond donors (Lipinski definition) is 2. The van der Waals surface area contributed by atoms with Gasteiger partial charge in [-0.05, 0) is 19.4 Å². The fourth-order valence-corrected chi connectivity index (χ4v) is 1.54. The molecule has 1 aromatic heterocycles. The maximum Gasteiger partial charge on any atom is 0.311 e. The predicted molar refractivity (Wildman–Crippen MR) is 67.9 cm³/mol. The van der Waals surface area contributed by atoms with Gasteiger partial charge in [-0.1, -0.05) is 19.8 Å². The average molecular weight is 238 g/mol. The van der Waals surface area contributed by atoms with Crippen molar-refractivity contribution in [3.05, 3.63) is 22.2 Å². The molecule has 0 spiro atoms. The van der Waals surface area contributed by atoms with E-state index in [0.717, 1.165) is 19.3 Å². The van der Waals surface area contributed by atoms with Gasteiger partial charge in [-0.3, -0.25) is 10.1 Å². The molecule has 0 aliphatic rings. The molecule has 1 atom stereocenters. The molecule has 0 aliphatic heterocycles. The number of hydrogen-bond acceptors (Lipinski definition) is 5. The molecule has 3 N–H and O–H groups in total. The lowest BCUT2D eigenvalue weighted by molar-refractivity contribution is -0.384. The van der Waals surface area contributed by atoms with Crippen LogP contribution < -0.4 is 11.1 Å². The maximum atomic E-state index is 10.8. The van der Waals surface area contributed by atoms with Crippen LogP contribution in [-0.4, -0.2) is 15.9 Å². The van der Waals surface area contributed by atoms with E-state index in [9.17, 15) is 10.1 Å². The van der Waals surface area contributed by atoms with Gasteiger partial charge in [-0.2, -0.15) is 0 Å². The van der Waals surface area contributed by atoms with E-state index in [4.69, 9.17) is 5.73 Å². The van der Waals surface area contributed by atoms with Crippen LogP contribution >= 0.6 is 0 Å². The maximum absolute atomic E-state index is 10.8. The summed E-state index contributed by atoms with van der Waals surface area (Å²) in [7, 11) is 0. The quantitative estimate of drug-likeness (QED) is 0.586. The van der Waals surface area contributed by atoms with Crippen LogP contribution in [0.25, 0.3) is 0 Å². The van der Waals surface area contributed by atoms with Gasteiger partial charge in [0.15, 0.2) is 0 Å². The van der Waals surface area contributed by atoms with Gasteiger partial charge in [-0.15, -0.1) is 0 Å². The number of nitrogens with two attached hydrogens (primary N) is 1. The van der Waals surface area contributed by atoms with E-state index in [0.29, 0.717) is 0 Å². The van der Waals surface area contributed by atoms with Crippen molar-refractivity contribution >= 4 is 17.3 Å². The standard InChI is InChI=1S/C11H18N4O2/c1-3-4-5-8(2)13-11-9(15(16)17)6-7-10(12)14-11/h6-8H,3-5H2,1-2H3,(H3,12,13,14). The molecule has 6 nitrogen and oxygen atoms in total. The number of rotatable bonds is 6. The van der Waals surface area contributed by atoms with Crippen LogP contribution in [0.2, 0.25) is 0 Å². The van der Waals surface area contributed by atoms with Crippen molar-refractivity contribution in [1.82, 2.24) is 4.98 Å². The third-order valence-electron chi connectivity index (χ3n) is 2.47. The summed E-state index contributed by atoms with van der Waals surface area (Å²) in [6.07, 6.45) is 3.12. The summed E-state index contributed by atoms with van der Waals surface area (Å²) in [4.78, 5) is 14.3. The van der Waals surface area contributed by atoms with E-state index >= 15 is 0 Å². The lowest BCUT2D eigenvalue weighted by atomic mass is 10.1. The van der Waals surface area contributed by atoms with Gasteiger partial charge in [0, 0.05) is 12.1 Å². The van der Waals surface area contributed by atoms with E-state index in [1.54, 1.807) is 0 Å². The molecule has 17 heavy (non-hydrogen) atoms. The van der Waals surface area contributed by atoms with Crippen LogP contribution in [0.5, 0.6) is 0 Å². The molecule has 0 fully saturated rings. The number of pyridine rings is 1. The van der Waals surface area contributed by atoms with Gasteiger partial charge in [0.2, 0.25) is 5.82 Å². The summed E-state index contributed by atoms with van der Waals surface area (Å²) in [6.45, 7) is 4.08. The van der Waals surface area contributed by atoms with Gasteiger partial charge in [0.1, 0.15) is 5.82 Å². The first-order valence-electron chi connectivity index (χ1n) is 5.72. The molecule has 0 saturated carbocycles. The Morgan fingerprint density at radius 1 is 1.59 bits per heavy atom. The van der Waals surface area contributed by atoms with Gasteiger partial charge < -0.3 is 11.1 Å². The Hall–Kier alpha value is -1.85. The molecule has 0 bridgehead atoms. The Morgan fingerprint density at radius 3 is 2.88 bits per heavy atom.